The number of aromatic nitrogens is 2. The predicted octanol–water partition coefficient (Wildman–Crippen LogP) is 4.39. The van der Waals surface area contributed by atoms with Crippen LogP contribution in [0.15, 0.2) is 58.2 Å². The van der Waals surface area contributed by atoms with Gasteiger partial charge in [0.25, 0.3) is 0 Å². The number of hydrogen-bond donors (Lipinski definition) is 1. The Hall–Kier alpha value is -4.07. The number of benzene rings is 2. The van der Waals surface area contributed by atoms with Crippen molar-refractivity contribution in [3.63, 3.8) is 0 Å². The van der Waals surface area contributed by atoms with Crippen LogP contribution in [0.4, 0.5) is 0 Å². The Balaban J connectivity index is 1.72. The minimum Gasteiger partial charge on any atom is -0.507 e. The lowest BCUT2D eigenvalue weighted by atomic mass is 9.86. The van der Waals surface area contributed by atoms with E-state index in [2.05, 4.69) is 5.10 Å². The number of phenolic OH excluding ortho intramolecular Hbond substituents is 1. The number of aromatic hydroxyl groups is 1. The molecule has 0 saturated carbocycles. The van der Waals surface area contributed by atoms with Gasteiger partial charge in [-0.2, -0.15) is 5.10 Å². The first-order valence-electron chi connectivity index (χ1n) is 10.6. The van der Waals surface area contributed by atoms with E-state index in [0.29, 0.717) is 22.4 Å². The average Bonchev–Trinajstić information content (AvgIpc) is 3.29. The predicted molar refractivity (Wildman–Crippen MR) is 121 cm³/mol. The number of rotatable bonds is 4. The summed E-state index contributed by atoms with van der Waals surface area (Å²) in [5.74, 6) is -0.321. The molecule has 0 radical (unpaired) electrons. The SMILES string of the molecule is COc1ccc(-c2coc3c4c(cc(O)c3c2=O)OC(=O)C[C@H]4c2cnn(C(C)C)c2)cc1. The van der Waals surface area contributed by atoms with Crippen molar-refractivity contribution >= 4 is 16.9 Å². The average molecular weight is 446 g/mol. The number of esters is 1. The molecule has 1 N–H and O–H groups in total. The largest absolute Gasteiger partial charge is 0.507 e. The van der Waals surface area contributed by atoms with Crippen LogP contribution in [0, 0.1) is 0 Å². The van der Waals surface area contributed by atoms with E-state index in [1.54, 1.807) is 42.3 Å². The maximum atomic E-state index is 13.4. The molecule has 4 aromatic rings. The highest BCUT2D eigenvalue weighted by Crippen LogP contribution is 2.45. The maximum absolute atomic E-state index is 13.4. The van der Waals surface area contributed by atoms with Crippen LogP contribution in [-0.2, 0) is 4.79 Å². The normalized spacial score (nSPS) is 15.5. The molecule has 0 fully saturated rings. The van der Waals surface area contributed by atoms with Gasteiger partial charge in [-0.1, -0.05) is 12.1 Å². The number of hydrogen-bond acceptors (Lipinski definition) is 7. The number of fused-ring (bicyclic) bond motifs is 3. The van der Waals surface area contributed by atoms with Gasteiger partial charge in [0.2, 0.25) is 5.43 Å². The first kappa shape index (κ1) is 20.8. The third-order valence-corrected chi connectivity index (χ3v) is 5.92. The summed E-state index contributed by atoms with van der Waals surface area (Å²) in [6.07, 6.45) is 5.02. The highest BCUT2D eigenvalue weighted by atomic mass is 16.5. The molecule has 0 bridgehead atoms. The van der Waals surface area contributed by atoms with Crippen LogP contribution in [0.3, 0.4) is 0 Å². The molecule has 168 valence electrons. The third-order valence-electron chi connectivity index (χ3n) is 5.92. The molecule has 1 atom stereocenters. The molecule has 33 heavy (non-hydrogen) atoms. The molecule has 5 rings (SSSR count). The zero-order chi connectivity index (χ0) is 23.3. The monoisotopic (exact) mass is 446 g/mol. The fraction of sp³-hybridized carbons (Fsp3) is 0.240. The number of carbonyl (C=O) groups excluding carboxylic acids is 1. The molecule has 2 aromatic heterocycles. The summed E-state index contributed by atoms with van der Waals surface area (Å²) < 4.78 is 18.3. The molecule has 0 unspecified atom stereocenters. The zero-order valence-corrected chi connectivity index (χ0v) is 18.4. The van der Waals surface area contributed by atoms with Gasteiger partial charge >= 0.3 is 5.97 Å². The minimum atomic E-state index is -0.430. The molecule has 2 aromatic carbocycles. The van der Waals surface area contributed by atoms with Crippen LogP contribution >= 0.6 is 0 Å². The van der Waals surface area contributed by atoms with E-state index in [9.17, 15) is 14.7 Å². The fourth-order valence-electron chi connectivity index (χ4n) is 4.20. The molecule has 0 amide bonds. The number of ether oxygens (including phenoxy) is 2. The molecule has 8 nitrogen and oxygen atoms in total. The summed E-state index contributed by atoms with van der Waals surface area (Å²) in [5, 5.41) is 15.1. The summed E-state index contributed by atoms with van der Waals surface area (Å²) >= 11 is 0. The van der Waals surface area contributed by atoms with Gasteiger partial charge in [0, 0.05) is 29.8 Å². The van der Waals surface area contributed by atoms with Gasteiger partial charge in [0.05, 0.1) is 25.3 Å². The van der Waals surface area contributed by atoms with E-state index in [4.69, 9.17) is 13.9 Å². The van der Waals surface area contributed by atoms with Gasteiger partial charge in [-0.3, -0.25) is 14.3 Å². The van der Waals surface area contributed by atoms with Crippen molar-refractivity contribution < 1.29 is 23.8 Å². The van der Waals surface area contributed by atoms with E-state index in [-0.39, 0.29) is 40.4 Å². The van der Waals surface area contributed by atoms with Crippen molar-refractivity contribution in [2.24, 2.45) is 0 Å². The van der Waals surface area contributed by atoms with Crippen molar-refractivity contribution in [1.29, 1.82) is 0 Å². The molecule has 1 aliphatic rings. The van der Waals surface area contributed by atoms with E-state index in [0.717, 1.165) is 5.56 Å². The number of nitrogens with zero attached hydrogens (tertiary/aromatic N) is 2. The molecule has 8 heteroatoms. The van der Waals surface area contributed by atoms with Crippen molar-refractivity contribution in [3.05, 3.63) is 70.3 Å². The quantitative estimate of drug-likeness (QED) is 0.366. The lowest BCUT2D eigenvalue weighted by Gasteiger charge is -2.25. The van der Waals surface area contributed by atoms with Crippen molar-refractivity contribution in [3.8, 4) is 28.4 Å². The van der Waals surface area contributed by atoms with Gasteiger partial charge in [-0.15, -0.1) is 0 Å². The molecule has 0 spiro atoms. The standard InChI is InChI=1S/C25H22N2O6/c1-13(2)27-11-15(10-26-27)17-8-21(29)33-20-9-19(28)23-24(30)18(12-32-25(23)22(17)20)14-4-6-16(31-3)7-5-14/h4-7,9-13,17,28H,8H2,1-3H3/t17-/m0/s1. The molecule has 1 aliphatic heterocycles. The van der Waals surface area contributed by atoms with Gasteiger partial charge in [0.15, 0.2) is 0 Å². The summed E-state index contributed by atoms with van der Waals surface area (Å²) in [6, 6.07) is 8.44. The van der Waals surface area contributed by atoms with Crippen LogP contribution in [0.2, 0.25) is 0 Å². The first-order valence-corrected chi connectivity index (χ1v) is 10.6. The van der Waals surface area contributed by atoms with E-state index >= 15 is 0 Å². The van der Waals surface area contributed by atoms with Gasteiger partial charge in [-0.25, -0.2) is 0 Å². The summed E-state index contributed by atoms with van der Waals surface area (Å²) in [4.78, 5) is 25.7. The van der Waals surface area contributed by atoms with Gasteiger partial charge < -0.3 is 19.0 Å². The Labute approximate surface area is 189 Å². The maximum Gasteiger partial charge on any atom is 0.312 e. The van der Waals surface area contributed by atoms with Gasteiger partial charge in [-0.05, 0) is 37.1 Å². The molecule has 0 saturated heterocycles. The van der Waals surface area contributed by atoms with E-state index in [1.807, 2.05) is 20.0 Å². The van der Waals surface area contributed by atoms with Crippen molar-refractivity contribution in [2.75, 3.05) is 7.11 Å². The Morgan fingerprint density at radius 2 is 1.97 bits per heavy atom. The molecular formula is C25H22N2O6. The third kappa shape index (κ3) is 3.44. The Morgan fingerprint density at radius 1 is 1.21 bits per heavy atom. The number of phenols is 1. The molecule has 3 heterocycles. The molecular weight excluding hydrogens is 424 g/mol. The second kappa shape index (κ2) is 7.81. The Bertz CT molecular complexity index is 1430. The minimum absolute atomic E-state index is 0.0428. The lowest BCUT2D eigenvalue weighted by molar-refractivity contribution is -0.135. The van der Waals surface area contributed by atoms with Crippen molar-refractivity contribution in [1.82, 2.24) is 9.78 Å². The van der Waals surface area contributed by atoms with E-state index in [1.165, 1.54) is 12.3 Å². The van der Waals surface area contributed by atoms with Crippen LogP contribution in [0.5, 0.6) is 17.2 Å². The number of carbonyl (C=O) groups is 1. The molecule has 0 aliphatic carbocycles. The number of methoxy groups -OCH3 is 1. The summed E-state index contributed by atoms with van der Waals surface area (Å²) in [6.45, 7) is 4.01. The second-order valence-electron chi connectivity index (χ2n) is 8.30. The second-order valence-corrected chi connectivity index (χ2v) is 8.30. The van der Waals surface area contributed by atoms with Crippen LogP contribution in [0.1, 0.15) is 43.4 Å². The van der Waals surface area contributed by atoms with Crippen LogP contribution < -0.4 is 14.9 Å². The Morgan fingerprint density at radius 3 is 2.64 bits per heavy atom. The van der Waals surface area contributed by atoms with E-state index < -0.39 is 11.9 Å². The van der Waals surface area contributed by atoms with Crippen LogP contribution in [-0.4, -0.2) is 28.0 Å². The highest BCUT2D eigenvalue weighted by molar-refractivity contribution is 5.94. The fourth-order valence-corrected chi connectivity index (χ4v) is 4.20. The first-order chi connectivity index (χ1) is 15.9. The van der Waals surface area contributed by atoms with Gasteiger partial charge in [0.1, 0.15) is 34.5 Å². The van der Waals surface area contributed by atoms with Crippen LogP contribution in [0.25, 0.3) is 22.1 Å². The Kier molecular flexibility index (Phi) is 4.92. The smallest absolute Gasteiger partial charge is 0.312 e. The lowest BCUT2D eigenvalue weighted by Crippen LogP contribution is -2.22. The summed E-state index contributed by atoms with van der Waals surface area (Å²) in [5.41, 5.74) is 2.10. The topological polar surface area (TPSA) is 104 Å². The van der Waals surface area contributed by atoms with Crippen molar-refractivity contribution in [2.45, 2.75) is 32.2 Å². The zero-order valence-electron chi connectivity index (χ0n) is 18.4. The summed E-state index contributed by atoms with van der Waals surface area (Å²) in [7, 11) is 1.56. The highest BCUT2D eigenvalue weighted by Gasteiger charge is 2.34.